The standard InChI is InChI=1S/C22H20ClN5O2/c1-13-19-14(2)27(16-9-5-4-6-10-16)26-20(19)22(30)28(25-13)15(3)21(29)24-18-12-8-7-11-17(18)23/h4-12,15H,1-3H3,(H,24,29)/t15-/m1/s1. The zero-order valence-electron chi connectivity index (χ0n) is 16.8. The highest BCUT2D eigenvalue weighted by molar-refractivity contribution is 6.33. The van der Waals surface area contributed by atoms with E-state index < -0.39 is 17.5 Å². The molecule has 30 heavy (non-hydrogen) atoms. The van der Waals surface area contributed by atoms with Crippen LogP contribution in [0.3, 0.4) is 0 Å². The maximum absolute atomic E-state index is 13.2. The molecule has 0 saturated carbocycles. The third-order valence-electron chi connectivity index (χ3n) is 5.03. The number of nitrogens with zero attached hydrogens (tertiary/aromatic N) is 4. The molecular formula is C22H20ClN5O2. The highest BCUT2D eigenvalue weighted by Gasteiger charge is 2.23. The molecule has 8 heteroatoms. The van der Waals surface area contributed by atoms with Crippen LogP contribution >= 0.6 is 11.6 Å². The smallest absolute Gasteiger partial charge is 0.295 e. The second-order valence-corrected chi connectivity index (χ2v) is 7.44. The van der Waals surface area contributed by atoms with E-state index in [1.807, 2.05) is 37.3 Å². The summed E-state index contributed by atoms with van der Waals surface area (Å²) in [4.78, 5) is 25.9. The van der Waals surface area contributed by atoms with Crippen LogP contribution in [0.2, 0.25) is 5.02 Å². The van der Waals surface area contributed by atoms with Gasteiger partial charge in [0.15, 0.2) is 5.52 Å². The van der Waals surface area contributed by atoms with E-state index in [0.29, 0.717) is 21.8 Å². The van der Waals surface area contributed by atoms with Crippen LogP contribution in [0, 0.1) is 13.8 Å². The number of amides is 1. The zero-order chi connectivity index (χ0) is 21.4. The molecule has 1 N–H and O–H groups in total. The number of hydrogen-bond donors (Lipinski definition) is 1. The summed E-state index contributed by atoms with van der Waals surface area (Å²) in [5.41, 5.74) is 2.63. The number of anilines is 1. The lowest BCUT2D eigenvalue weighted by Gasteiger charge is -2.15. The van der Waals surface area contributed by atoms with E-state index in [9.17, 15) is 9.59 Å². The molecule has 1 atom stereocenters. The number of aromatic nitrogens is 4. The number of hydrogen-bond acceptors (Lipinski definition) is 4. The molecule has 0 unspecified atom stereocenters. The van der Waals surface area contributed by atoms with Crippen molar-refractivity contribution in [2.45, 2.75) is 26.8 Å². The van der Waals surface area contributed by atoms with Crippen molar-refractivity contribution in [1.29, 1.82) is 0 Å². The molecule has 0 bridgehead atoms. The van der Waals surface area contributed by atoms with Gasteiger partial charge in [0.25, 0.3) is 5.56 Å². The molecule has 4 aromatic rings. The highest BCUT2D eigenvalue weighted by atomic mass is 35.5. The van der Waals surface area contributed by atoms with Crippen LogP contribution < -0.4 is 10.9 Å². The average molecular weight is 422 g/mol. The first-order valence-electron chi connectivity index (χ1n) is 9.48. The fourth-order valence-electron chi connectivity index (χ4n) is 3.44. The number of aryl methyl sites for hydroxylation is 2. The number of nitrogens with one attached hydrogen (secondary N) is 1. The molecule has 0 spiro atoms. The Morgan fingerprint density at radius 2 is 1.70 bits per heavy atom. The molecule has 0 saturated heterocycles. The number of halogens is 1. The van der Waals surface area contributed by atoms with Crippen LogP contribution in [0.15, 0.2) is 59.4 Å². The summed E-state index contributed by atoms with van der Waals surface area (Å²) in [7, 11) is 0. The summed E-state index contributed by atoms with van der Waals surface area (Å²) in [6.07, 6.45) is 0. The van der Waals surface area contributed by atoms with Gasteiger partial charge < -0.3 is 5.32 Å². The molecule has 0 radical (unpaired) electrons. The Labute approximate surface area is 177 Å². The van der Waals surface area contributed by atoms with Gasteiger partial charge in [-0.2, -0.15) is 10.2 Å². The Balaban J connectivity index is 1.77. The average Bonchev–Trinajstić information content (AvgIpc) is 3.10. The molecule has 2 aromatic heterocycles. The Hall–Kier alpha value is -3.45. The number of rotatable bonds is 4. The van der Waals surface area contributed by atoms with Crippen molar-refractivity contribution in [2.75, 3.05) is 5.32 Å². The van der Waals surface area contributed by atoms with Gasteiger partial charge in [0.2, 0.25) is 5.91 Å². The number of benzene rings is 2. The van der Waals surface area contributed by atoms with Gasteiger partial charge in [-0.05, 0) is 45.0 Å². The minimum absolute atomic E-state index is 0.279. The molecule has 7 nitrogen and oxygen atoms in total. The fraction of sp³-hybridized carbons (Fsp3) is 0.182. The maximum Gasteiger partial charge on any atom is 0.295 e. The van der Waals surface area contributed by atoms with E-state index in [2.05, 4.69) is 15.5 Å². The molecule has 2 aromatic carbocycles. The number of fused-ring (bicyclic) bond motifs is 1. The first-order chi connectivity index (χ1) is 14.4. The van der Waals surface area contributed by atoms with Crippen LogP contribution in [0.5, 0.6) is 0 Å². The molecule has 0 fully saturated rings. The first-order valence-corrected chi connectivity index (χ1v) is 9.86. The third kappa shape index (κ3) is 3.37. The van der Waals surface area contributed by atoms with Crippen molar-refractivity contribution < 1.29 is 4.79 Å². The predicted molar refractivity (Wildman–Crippen MR) is 117 cm³/mol. The Bertz CT molecular complexity index is 1310. The van der Waals surface area contributed by atoms with Gasteiger partial charge in [-0.15, -0.1) is 0 Å². The van der Waals surface area contributed by atoms with Crippen molar-refractivity contribution in [2.24, 2.45) is 0 Å². The van der Waals surface area contributed by atoms with Gasteiger partial charge >= 0.3 is 0 Å². The minimum atomic E-state index is -0.848. The Morgan fingerprint density at radius 1 is 1.03 bits per heavy atom. The van der Waals surface area contributed by atoms with Gasteiger partial charge in [-0.25, -0.2) is 9.36 Å². The normalized spacial score (nSPS) is 12.1. The third-order valence-corrected chi connectivity index (χ3v) is 5.35. The van der Waals surface area contributed by atoms with E-state index in [0.717, 1.165) is 11.4 Å². The summed E-state index contributed by atoms with van der Waals surface area (Å²) in [5.74, 6) is -0.393. The minimum Gasteiger partial charge on any atom is -0.323 e. The van der Waals surface area contributed by atoms with Crippen LogP contribution in [0.25, 0.3) is 16.6 Å². The van der Waals surface area contributed by atoms with E-state index in [1.54, 1.807) is 42.8 Å². The van der Waals surface area contributed by atoms with Gasteiger partial charge in [0.1, 0.15) is 6.04 Å². The van der Waals surface area contributed by atoms with Crippen molar-refractivity contribution in [3.8, 4) is 5.69 Å². The molecule has 2 heterocycles. The fourth-order valence-corrected chi connectivity index (χ4v) is 3.63. The van der Waals surface area contributed by atoms with Gasteiger partial charge in [0, 0.05) is 0 Å². The monoisotopic (exact) mass is 421 g/mol. The van der Waals surface area contributed by atoms with Crippen LogP contribution in [0.1, 0.15) is 24.4 Å². The predicted octanol–water partition coefficient (Wildman–Crippen LogP) is 4.05. The molecule has 0 aliphatic heterocycles. The largest absolute Gasteiger partial charge is 0.323 e. The second kappa shape index (κ2) is 7.76. The molecule has 0 aliphatic carbocycles. The van der Waals surface area contributed by atoms with Crippen LogP contribution in [-0.4, -0.2) is 25.5 Å². The van der Waals surface area contributed by atoms with Gasteiger partial charge in [-0.1, -0.05) is 41.9 Å². The van der Waals surface area contributed by atoms with Gasteiger partial charge in [-0.3, -0.25) is 9.59 Å². The first kappa shape index (κ1) is 19.8. The van der Waals surface area contributed by atoms with E-state index in [-0.39, 0.29) is 5.52 Å². The highest BCUT2D eigenvalue weighted by Crippen LogP contribution is 2.23. The SMILES string of the molecule is Cc1nn([C@H](C)C(=O)Nc2ccccc2Cl)c(=O)c2nn(-c3ccccc3)c(C)c12. The lowest BCUT2D eigenvalue weighted by atomic mass is 10.2. The van der Waals surface area contributed by atoms with Crippen LogP contribution in [0.4, 0.5) is 5.69 Å². The molecule has 152 valence electrons. The van der Waals surface area contributed by atoms with Crippen molar-refractivity contribution in [3.63, 3.8) is 0 Å². The number of carbonyl (C=O) groups is 1. The second-order valence-electron chi connectivity index (χ2n) is 7.04. The molecule has 1 amide bonds. The van der Waals surface area contributed by atoms with E-state index in [1.165, 1.54) is 4.68 Å². The summed E-state index contributed by atoms with van der Waals surface area (Å²) in [6, 6.07) is 15.6. The molecular weight excluding hydrogens is 402 g/mol. The lowest BCUT2D eigenvalue weighted by molar-refractivity contribution is -0.119. The molecule has 4 rings (SSSR count). The topological polar surface area (TPSA) is 81.8 Å². The lowest BCUT2D eigenvalue weighted by Crippen LogP contribution is -2.34. The van der Waals surface area contributed by atoms with Crippen molar-refractivity contribution in [1.82, 2.24) is 19.6 Å². The molecule has 0 aliphatic rings. The summed E-state index contributed by atoms with van der Waals surface area (Å²) in [5, 5.41) is 12.8. The summed E-state index contributed by atoms with van der Waals surface area (Å²) >= 11 is 6.12. The Kier molecular flexibility index (Phi) is 5.13. The Morgan fingerprint density at radius 3 is 2.40 bits per heavy atom. The van der Waals surface area contributed by atoms with E-state index >= 15 is 0 Å². The number of carbonyl (C=O) groups excluding carboxylic acids is 1. The van der Waals surface area contributed by atoms with Crippen molar-refractivity contribution >= 4 is 34.1 Å². The summed E-state index contributed by atoms with van der Waals surface area (Å²) < 4.78 is 2.89. The van der Waals surface area contributed by atoms with Crippen molar-refractivity contribution in [3.05, 3.63) is 81.4 Å². The van der Waals surface area contributed by atoms with Gasteiger partial charge in [0.05, 0.1) is 33.2 Å². The maximum atomic E-state index is 13.2. The summed E-state index contributed by atoms with van der Waals surface area (Å²) in [6.45, 7) is 5.32. The van der Waals surface area contributed by atoms with Crippen LogP contribution in [-0.2, 0) is 4.79 Å². The quantitative estimate of drug-likeness (QED) is 0.539. The van der Waals surface area contributed by atoms with E-state index in [4.69, 9.17) is 11.6 Å². The zero-order valence-corrected chi connectivity index (χ0v) is 17.5. The number of para-hydroxylation sites is 2.